The maximum atomic E-state index is 4.74. The third kappa shape index (κ3) is 3.57. The summed E-state index contributed by atoms with van der Waals surface area (Å²) in [7, 11) is 0. The van der Waals surface area contributed by atoms with E-state index in [9.17, 15) is 0 Å². The second-order valence-electron chi connectivity index (χ2n) is 5.21. The molecule has 0 aliphatic rings. The van der Waals surface area contributed by atoms with Crippen LogP contribution in [0.5, 0.6) is 0 Å². The molecule has 0 aliphatic heterocycles. The van der Waals surface area contributed by atoms with Crippen molar-refractivity contribution < 1.29 is 2.85 Å². The molecule has 2 aromatic carbocycles. The number of pyridine rings is 2. The number of benzene rings is 2. The van der Waals surface area contributed by atoms with E-state index in [0.717, 1.165) is 27.9 Å². The van der Waals surface area contributed by atoms with Crippen LogP contribution in [0, 0.1) is 0 Å². The summed E-state index contributed by atoms with van der Waals surface area (Å²) in [6, 6.07) is 24.8. The van der Waals surface area contributed by atoms with Gasteiger partial charge < -0.3 is 2.85 Å². The van der Waals surface area contributed by atoms with Crippen LogP contribution in [0.4, 0.5) is 0 Å². The van der Waals surface area contributed by atoms with Crippen molar-refractivity contribution in [1.82, 2.24) is 9.97 Å². The van der Waals surface area contributed by atoms with Crippen molar-refractivity contribution in [2.75, 3.05) is 0 Å². The summed E-state index contributed by atoms with van der Waals surface area (Å²) in [5.41, 5.74) is 5.43. The number of fused-ring (bicyclic) bond motifs is 1. The van der Waals surface area contributed by atoms with Gasteiger partial charge in [-0.1, -0.05) is 54.6 Å². The molecule has 0 atom stereocenters. The molecule has 0 radical (unpaired) electrons. The van der Waals surface area contributed by atoms with Crippen LogP contribution in [0.1, 0.15) is 2.85 Å². The third-order valence-electron chi connectivity index (χ3n) is 3.77. The first kappa shape index (κ1) is 16.4. The monoisotopic (exact) mass is 422 g/mol. The maximum absolute atomic E-state index is 4.74. The van der Waals surface area contributed by atoms with E-state index < -0.39 is 0 Å². The molecule has 0 aliphatic carbocycles. The van der Waals surface area contributed by atoms with Crippen molar-refractivity contribution in [3.05, 3.63) is 85.2 Å². The zero-order valence-electron chi connectivity index (χ0n) is 14.7. The van der Waals surface area contributed by atoms with E-state index in [0.29, 0.717) is 0 Å². The van der Waals surface area contributed by atoms with Gasteiger partial charge in [-0.2, -0.15) is 0 Å². The molecule has 0 saturated heterocycles. The van der Waals surface area contributed by atoms with Crippen molar-refractivity contribution in [2.45, 2.75) is 0 Å². The van der Waals surface area contributed by atoms with Gasteiger partial charge in [0.25, 0.3) is 0 Å². The minimum Gasteiger partial charge on any atom is -1.00 e. The van der Waals surface area contributed by atoms with Crippen LogP contribution in [0.3, 0.4) is 0 Å². The Kier molecular flexibility index (Phi) is 5.31. The first-order chi connectivity index (χ1) is 10.9. The zero-order valence-corrected chi connectivity index (χ0v) is 17.1. The van der Waals surface area contributed by atoms with Crippen molar-refractivity contribution in [2.24, 2.45) is 0 Å². The number of hydrogen-bond acceptors (Lipinski definition) is 2. The largest absolute Gasteiger partial charge is 2.00 e. The molecule has 0 spiro atoms. The van der Waals surface area contributed by atoms with Crippen LogP contribution in [-0.4, -0.2) is 58.8 Å². The van der Waals surface area contributed by atoms with Crippen LogP contribution < -0.4 is 0 Å². The fourth-order valence-electron chi connectivity index (χ4n) is 2.59. The molecule has 0 saturated carbocycles. The molecule has 23 heavy (non-hydrogen) atoms. The Labute approximate surface area is 178 Å². The summed E-state index contributed by atoms with van der Waals surface area (Å²) in [5, 5.41) is 1.17. The molecule has 0 unspecified atom stereocenters. The number of hydrogen-bond donors (Lipinski definition) is 0. The van der Waals surface area contributed by atoms with Crippen molar-refractivity contribution in [1.29, 1.82) is 0 Å². The van der Waals surface area contributed by atoms with E-state index in [-0.39, 0.29) is 51.7 Å². The van der Waals surface area contributed by atoms with E-state index in [1.165, 1.54) is 5.39 Å². The normalized spacial score (nSPS) is 10.3. The molecule has 0 N–H and O–H groups in total. The van der Waals surface area contributed by atoms with Gasteiger partial charge in [-0.3, -0.25) is 4.98 Å². The van der Waals surface area contributed by atoms with Gasteiger partial charge in [0.15, 0.2) is 0 Å². The van der Waals surface area contributed by atoms with E-state index in [4.69, 9.17) is 4.98 Å². The van der Waals surface area contributed by atoms with Gasteiger partial charge in [-0.05, 0) is 29.3 Å². The molecule has 4 rings (SSSR count). The van der Waals surface area contributed by atoms with Gasteiger partial charge >= 0.3 is 48.9 Å². The molecule has 3 heteroatoms. The Balaban J connectivity index is 0.00000104. The molecule has 2 heterocycles. The fraction of sp³-hybridized carbons (Fsp3) is 0. The molecule has 2 nitrogen and oxygen atoms in total. The number of nitrogens with zero attached hydrogens (tertiary/aromatic N) is 2. The van der Waals surface area contributed by atoms with Crippen LogP contribution in [-0.2, 0) is 0 Å². The molecular formula is C20H16BaN2. The predicted molar refractivity (Wildman–Crippen MR) is 98.4 cm³/mol. The van der Waals surface area contributed by atoms with Crippen LogP contribution in [0.2, 0.25) is 0 Å². The van der Waals surface area contributed by atoms with Gasteiger partial charge in [0.1, 0.15) is 0 Å². The quantitative estimate of drug-likeness (QED) is 0.434. The summed E-state index contributed by atoms with van der Waals surface area (Å²) < 4.78 is 0. The van der Waals surface area contributed by atoms with Gasteiger partial charge in [-0.25, -0.2) is 4.98 Å². The topological polar surface area (TPSA) is 25.8 Å². The van der Waals surface area contributed by atoms with E-state index in [2.05, 4.69) is 53.5 Å². The summed E-state index contributed by atoms with van der Waals surface area (Å²) in [5.74, 6) is 0. The summed E-state index contributed by atoms with van der Waals surface area (Å²) >= 11 is 0. The van der Waals surface area contributed by atoms with Gasteiger partial charge in [0, 0.05) is 23.3 Å². The van der Waals surface area contributed by atoms with E-state index >= 15 is 0 Å². The average Bonchev–Trinajstić information content (AvgIpc) is 2.62. The molecule has 108 valence electrons. The minimum absolute atomic E-state index is 0. The Morgan fingerprint density at radius 2 is 1.43 bits per heavy atom. The molecule has 4 aromatic rings. The molecule has 0 bridgehead atoms. The zero-order chi connectivity index (χ0) is 14.8. The Morgan fingerprint density at radius 3 is 2.22 bits per heavy atom. The Morgan fingerprint density at radius 1 is 0.652 bits per heavy atom. The predicted octanol–water partition coefficient (Wildman–Crippen LogP) is 4.81. The molecule has 0 fully saturated rings. The van der Waals surface area contributed by atoms with Crippen molar-refractivity contribution in [3.8, 4) is 22.4 Å². The summed E-state index contributed by atoms with van der Waals surface area (Å²) in [6.07, 6.45) is 3.67. The molecule has 2 aromatic heterocycles. The van der Waals surface area contributed by atoms with Crippen LogP contribution in [0.25, 0.3) is 33.3 Å². The van der Waals surface area contributed by atoms with Crippen LogP contribution in [0.15, 0.2) is 85.2 Å². The third-order valence-corrected chi connectivity index (χ3v) is 3.77. The average molecular weight is 422 g/mol. The second-order valence-corrected chi connectivity index (χ2v) is 5.21. The van der Waals surface area contributed by atoms with Crippen molar-refractivity contribution in [3.63, 3.8) is 0 Å². The van der Waals surface area contributed by atoms with E-state index in [1.54, 1.807) is 6.20 Å². The Hall–Kier alpha value is -1.43. The number of para-hydroxylation sites is 1. The first-order valence-corrected chi connectivity index (χ1v) is 7.27. The molecule has 0 amide bonds. The van der Waals surface area contributed by atoms with Gasteiger partial charge in [0.05, 0.1) is 11.2 Å². The smallest absolute Gasteiger partial charge is 1.00 e. The van der Waals surface area contributed by atoms with Crippen LogP contribution >= 0.6 is 0 Å². The first-order valence-electron chi connectivity index (χ1n) is 7.27. The SMILES string of the molecule is [Ba+2].[H-].[H-].c1cncc(-c2ccc(-c3ccc4ccccc4n3)cc2)c1. The Bertz CT molecular complexity index is 929. The maximum Gasteiger partial charge on any atom is 2.00 e. The fourth-order valence-corrected chi connectivity index (χ4v) is 2.59. The summed E-state index contributed by atoms with van der Waals surface area (Å²) in [6.45, 7) is 0. The van der Waals surface area contributed by atoms with E-state index in [1.807, 2.05) is 30.5 Å². The van der Waals surface area contributed by atoms with Gasteiger partial charge in [0.2, 0.25) is 0 Å². The summed E-state index contributed by atoms with van der Waals surface area (Å²) in [4.78, 5) is 8.90. The van der Waals surface area contributed by atoms with Crippen molar-refractivity contribution >= 4 is 59.8 Å². The number of rotatable bonds is 2. The van der Waals surface area contributed by atoms with Gasteiger partial charge in [-0.15, -0.1) is 0 Å². The standard InChI is InChI=1S/C20H14N2.Ba.2H/c1-2-6-19-16(4-1)11-12-20(22-19)17-9-7-15(8-10-17)18-5-3-13-21-14-18;;;/h1-14H;;;/q;+2;2*-1. The number of aromatic nitrogens is 2. The minimum atomic E-state index is 0. The second kappa shape index (κ2) is 7.43. The molecular weight excluding hydrogens is 406 g/mol.